The molecule has 1 N–H and O–H groups in total. The van der Waals surface area contributed by atoms with Gasteiger partial charge >= 0.3 is 0 Å². The molecule has 1 aromatic carbocycles. The van der Waals surface area contributed by atoms with Crippen LogP contribution in [0.5, 0.6) is 0 Å². The third-order valence-corrected chi connectivity index (χ3v) is 3.39. The van der Waals surface area contributed by atoms with Gasteiger partial charge in [-0.1, -0.05) is 18.2 Å². The molecule has 0 radical (unpaired) electrons. The Balaban J connectivity index is 1.95. The van der Waals surface area contributed by atoms with Crippen LogP contribution in [0.2, 0.25) is 0 Å². The van der Waals surface area contributed by atoms with Gasteiger partial charge in [0, 0.05) is 19.4 Å². The van der Waals surface area contributed by atoms with Crippen LogP contribution in [0.15, 0.2) is 24.3 Å². The lowest BCUT2D eigenvalue weighted by molar-refractivity contribution is -0.118. The Labute approximate surface area is 103 Å². The second kappa shape index (κ2) is 5.52. The zero-order valence-corrected chi connectivity index (χ0v) is 10.8. The van der Waals surface area contributed by atoms with Crippen molar-refractivity contribution in [2.45, 2.75) is 38.5 Å². The van der Waals surface area contributed by atoms with Crippen LogP contribution in [0.3, 0.4) is 0 Å². The Kier molecular flexibility index (Phi) is 4.02. The third-order valence-electron chi connectivity index (χ3n) is 3.39. The molecule has 3 unspecified atom stereocenters. The molecule has 0 heterocycles. The normalized spacial score (nSPS) is 27.6. The molecule has 0 bridgehead atoms. The average Bonchev–Trinajstić information content (AvgIpc) is 2.30. The number of rotatable bonds is 5. The molecule has 0 saturated heterocycles. The van der Waals surface area contributed by atoms with Crippen molar-refractivity contribution in [3.63, 3.8) is 0 Å². The molecule has 0 spiro atoms. The van der Waals surface area contributed by atoms with E-state index in [0.29, 0.717) is 6.04 Å². The highest BCUT2D eigenvalue weighted by molar-refractivity contribution is 5.51. The van der Waals surface area contributed by atoms with Gasteiger partial charge in [0.2, 0.25) is 0 Å². The van der Waals surface area contributed by atoms with Crippen molar-refractivity contribution < 1.29 is 9.47 Å². The Morgan fingerprint density at radius 3 is 2.76 bits per heavy atom. The molecule has 1 saturated carbocycles. The van der Waals surface area contributed by atoms with Gasteiger partial charge in [0.25, 0.3) is 0 Å². The van der Waals surface area contributed by atoms with Crippen LogP contribution in [0, 0.1) is 6.92 Å². The molecule has 0 amide bonds. The zero-order chi connectivity index (χ0) is 12.3. The van der Waals surface area contributed by atoms with E-state index < -0.39 is 0 Å². The summed E-state index contributed by atoms with van der Waals surface area (Å²) in [6.07, 6.45) is 1.42. The lowest BCUT2D eigenvalue weighted by Gasteiger charge is -2.44. The largest absolute Gasteiger partial charge is 0.379 e. The van der Waals surface area contributed by atoms with E-state index in [1.807, 2.05) is 6.92 Å². The first-order valence-electron chi connectivity index (χ1n) is 6.22. The van der Waals surface area contributed by atoms with Gasteiger partial charge < -0.3 is 14.8 Å². The van der Waals surface area contributed by atoms with Gasteiger partial charge in [0.15, 0.2) is 0 Å². The van der Waals surface area contributed by atoms with Crippen LogP contribution in [0.25, 0.3) is 0 Å². The first kappa shape index (κ1) is 12.4. The maximum atomic E-state index is 5.61. The predicted octanol–water partition coefficient (Wildman–Crippen LogP) is 2.60. The van der Waals surface area contributed by atoms with E-state index in [0.717, 1.165) is 13.0 Å². The van der Waals surface area contributed by atoms with Crippen LogP contribution in [0.4, 0.5) is 5.69 Å². The Hall–Kier alpha value is -1.06. The smallest absolute Gasteiger partial charge is 0.103 e. The summed E-state index contributed by atoms with van der Waals surface area (Å²) in [5.74, 6) is 0. The minimum Gasteiger partial charge on any atom is -0.379 e. The van der Waals surface area contributed by atoms with E-state index in [9.17, 15) is 0 Å². The van der Waals surface area contributed by atoms with Gasteiger partial charge in [-0.3, -0.25) is 0 Å². The molecule has 3 nitrogen and oxygen atoms in total. The molecule has 0 aliphatic heterocycles. The summed E-state index contributed by atoms with van der Waals surface area (Å²) >= 11 is 0. The first-order valence-corrected chi connectivity index (χ1v) is 6.22. The fraction of sp³-hybridized carbons (Fsp3) is 0.571. The minimum absolute atomic E-state index is 0.162. The van der Waals surface area contributed by atoms with Crippen molar-refractivity contribution in [2.24, 2.45) is 0 Å². The number of nitrogens with one attached hydrogen (secondary N) is 1. The van der Waals surface area contributed by atoms with Crippen LogP contribution in [-0.2, 0) is 9.47 Å². The van der Waals surface area contributed by atoms with Gasteiger partial charge in [-0.05, 0) is 31.9 Å². The average molecular weight is 235 g/mol. The highest BCUT2D eigenvalue weighted by Crippen LogP contribution is 2.30. The van der Waals surface area contributed by atoms with Gasteiger partial charge in [0.05, 0.1) is 12.1 Å². The second-order valence-electron chi connectivity index (χ2n) is 4.50. The van der Waals surface area contributed by atoms with Crippen molar-refractivity contribution in [3.05, 3.63) is 29.8 Å². The molecule has 2 rings (SSSR count). The number of hydrogen-bond donors (Lipinski definition) is 1. The minimum atomic E-state index is 0.162. The van der Waals surface area contributed by atoms with E-state index in [1.54, 1.807) is 7.11 Å². The zero-order valence-electron chi connectivity index (χ0n) is 10.8. The van der Waals surface area contributed by atoms with E-state index >= 15 is 0 Å². The number of ether oxygens (including phenoxy) is 2. The van der Waals surface area contributed by atoms with Gasteiger partial charge in [-0.15, -0.1) is 0 Å². The topological polar surface area (TPSA) is 30.5 Å². The molecule has 3 atom stereocenters. The first-order chi connectivity index (χ1) is 8.26. The van der Waals surface area contributed by atoms with Crippen molar-refractivity contribution in [3.8, 4) is 0 Å². The highest BCUT2D eigenvalue weighted by Gasteiger charge is 2.42. The monoisotopic (exact) mass is 235 g/mol. The van der Waals surface area contributed by atoms with Crippen LogP contribution < -0.4 is 5.32 Å². The van der Waals surface area contributed by atoms with Gasteiger partial charge in [-0.25, -0.2) is 0 Å². The summed E-state index contributed by atoms with van der Waals surface area (Å²) in [5, 5.41) is 3.53. The molecule has 0 aromatic heterocycles. The number of hydrogen-bond acceptors (Lipinski definition) is 3. The number of benzene rings is 1. The summed E-state index contributed by atoms with van der Waals surface area (Å²) in [5.41, 5.74) is 2.46. The maximum Gasteiger partial charge on any atom is 0.103 e. The predicted molar refractivity (Wildman–Crippen MR) is 69.4 cm³/mol. The number of methoxy groups -OCH3 is 1. The second-order valence-corrected chi connectivity index (χ2v) is 4.50. The van der Waals surface area contributed by atoms with Crippen LogP contribution in [0.1, 0.15) is 18.9 Å². The Morgan fingerprint density at radius 1 is 1.35 bits per heavy atom. The fourth-order valence-corrected chi connectivity index (χ4v) is 2.35. The summed E-state index contributed by atoms with van der Waals surface area (Å²) in [6.45, 7) is 4.89. The van der Waals surface area contributed by atoms with Crippen molar-refractivity contribution in [2.75, 3.05) is 19.0 Å². The quantitative estimate of drug-likeness (QED) is 0.851. The molecule has 3 heteroatoms. The Bertz CT molecular complexity index is 367. The molecular weight excluding hydrogens is 214 g/mol. The summed E-state index contributed by atoms with van der Waals surface area (Å²) in [6, 6.07) is 8.69. The number of anilines is 1. The lowest BCUT2D eigenvalue weighted by atomic mass is 9.85. The number of aryl methyl sites for hydroxylation is 1. The van der Waals surface area contributed by atoms with E-state index in [2.05, 4.69) is 36.5 Å². The van der Waals surface area contributed by atoms with Crippen molar-refractivity contribution in [1.82, 2.24) is 0 Å². The lowest BCUT2D eigenvalue weighted by Crippen LogP contribution is -2.56. The highest BCUT2D eigenvalue weighted by atomic mass is 16.5. The third kappa shape index (κ3) is 2.61. The SMILES string of the molecule is CCOC1CC(Nc2ccccc2C)C1OC. The van der Waals surface area contributed by atoms with Crippen molar-refractivity contribution >= 4 is 5.69 Å². The van der Waals surface area contributed by atoms with Crippen molar-refractivity contribution in [1.29, 1.82) is 0 Å². The molecule has 1 aromatic rings. The molecule has 17 heavy (non-hydrogen) atoms. The fourth-order valence-electron chi connectivity index (χ4n) is 2.35. The molecule has 1 aliphatic carbocycles. The molecular formula is C14H21NO2. The maximum absolute atomic E-state index is 5.61. The van der Waals surface area contributed by atoms with E-state index in [4.69, 9.17) is 9.47 Å². The summed E-state index contributed by atoms with van der Waals surface area (Å²) in [4.78, 5) is 0. The number of para-hydroxylation sites is 1. The van der Waals surface area contributed by atoms with E-state index in [-0.39, 0.29) is 12.2 Å². The molecule has 1 fully saturated rings. The molecule has 1 aliphatic rings. The summed E-state index contributed by atoms with van der Waals surface area (Å²) < 4.78 is 11.1. The van der Waals surface area contributed by atoms with Gasteiger partial charge in [0.1, 0.15) is 6.10 Å². The van der Waals surface area contributed by atoms with E-state index in [1.165, 1.54) is 11.3 Å². The molecule has 94 valence electrons. The Morgan fingerprint density at radius 2 is 2.12 bits per heavy atom. The van der Waals surface area contributed by atoms with Gasteiger partial charge in [-0.2, -0.15) is 0 Å². The van der Waals surface area contributed by atoms with Crippen LogP contribution in [-0.4, -0.2) is 32.0 Å². The van der Waals surface area contributed by atoms with Crippen LogP contribution >= 0.6 is 0 Å². The summed E-state index contributed by atoms with van der Waals surface area (Å²) in [7, 11) is 1.75. The standard InChI is InChI=1S/C14H21NO2/c1-4-17-13-9-12(14(13)16-3)15-11-8-6-5-7-10(11)2/h5-8,12-15H,4,9H2,1-3H3.